The van der Waals surface area contributed by atoms with Gasteiger partial charge in [0.1, 0.15) is 6.10 Å². The Hall–Kier alpha value is -1.06. The largest absolute Gasteiger partial charge is 0.465 e. The van der Waals surface area contributed by atoms with Crippen LogP contribution < -0.4 is 0 Å². The average molecular weight is 415 g/mol. The van der Waals surface area contributed by atoms with Crippen LogP contribution in [0.5, 0.6) is 0 Å². The molecule has 166 valence electrons. The summed E-state index contributed by atoms with van der Waals surface area (Å²) in [7, 11) is 0. The second kappa shape index (κ2) is 5.64. The Morgan fingerprint density at radius 2 is 1.87 bits per heavy atom. The molecule has 1 heterocycles. The molecule has 4 nitrogen and oxygen atoms in total. The van der Waals surface area contributed by atoms with Crippen molar-refractivity contribution in [1.82, 2.24) is 0 Å². The van der Waals surface area contributed by atoms with Crippen LogP contribution in [0.2, 0.25) is 0 Å². The fourth-order valence-corrected chi connectivity index (χ4v) is 9.55. The van der Waals surface area contributed by atoms with Gasteiger partial charge in [-0.25, -0.2) is 0 Å². The highest BCUT2D eigenvalue weighted by Gasteiger charge is 2.73. The smallest absolute Gasteiger partial charge is 0.312 e. The molecule has 4 heteroatoms. The van der Waals surface area contributed by atoms with Gasteiger partial charge in [-0.1, -0.05) is 34.6 Å². The van der Waals surface area contributed by atoms with Crippen LogP contribution in [0.4, 0.5) is 0 Å². The molecule has 9 unspecified atom stereocenters. The van der Waals surface area contributed by atoms with Crippen LogP contribution in [-0.2, 0) is 19.1 Å². The molecule has 9 atom stereocenters. The molecular weight excluding hydrogens is 376 g/mol. The van der Waals surface area contributed by atoms with E-state index in [9.17, 15) is 9.59 Å². The van der Waals surface area contributed by atoms with E-state index in [-0.39, 0.29) is 39.7 Å². The zero-order chi connectivity index (χ0) is 21.3. The number of ether oxygens (including phenoxy) is 2. The standard InChI is InChI=1S/C26H38O4/c1-23(2,3)12-26(13-24(26,4)5)22(28)30-18-10-14-8-16(18)20-17-9-15(19(14)20)11-25(17)6-7-29-21(25)27/h14-20H,6-13H2,1-5H3. The van der Waals surface area contributed by atoms with E-state index in [1.165, 1.54) is 12.8 Å². The molecule has 1 saturated heterocycles. The molecule has 0 amide bonds. The van der Waals surface area contributed by atoms with Gasteiger partial charge in [0.2, 0.25) is 0 Å². The second-order valence-electron chi connectivity index (χ2n) is 13.7. The summed E-state index contributed by atoms with van der Waals surface area (Å²) in [6, 6.07) is 0. The summed E-state index contributed by atoms with van der Waals surface area (Å²) in [6.07, 6.45) is 7.38. The third-order valence-corrected chi connectivity index (χ3v) is 10.6. The minimum absolute atomic E-state index is 0.0433. The van der Waals surface area contributed by atoms with Crippen LogP contribution in [0.1, 0.15) is 79.6 Å². The van der Waals surface area contributed by atoms with Gasteiger partial charge in [0, 0.05) is 0 Å². The molecule has 1 spiro atoms. The van der Waals surface area contributed by atoms with Crippen LogP contribution in [0, 0.1) is 57.2 Å². The summed E-state index contributed by atoms with van der Waals surface area (Å²) in [6.45, 7) is 11.7. The van der Waals surface area contributed by atoms with E-state index in [4.69, 9.17) is 9.47 Å². The minimum Gasteiger partial charge on any atom is -0.465 e. The van der Waals surface area contributed by atoms with Crippen LogP contribution in [0.3, 0.4) is 0 Å². The van der Waals surface area contributed by atoms with Gasteiger partial charge in [-0.15, -0.1) is 0 Å². The summed E-state index contributed by atoms with van der Waals surface area (Å²) in [5, 5.41) is 0. The number of hydrogen-bond donors (Lipinski definition) is 0. The van der Waals surface area contributed by atoms with Gasteiger partial charge in [-0.05, 0) is 91.3 Å². The SMILES string of the molecule is CC(C)(C)CC1(C(=O)OC2CC3CC2C2C3C3CC2C2(CCOC2=O)C3)CC1(C)C. The molecule has 4 bridgehead atoms. The van der Waals surface area contributed by atoms with Crippen molar-refractivity contribution in [3.05, 3.63) is 0 Å². The van der Waals surface area contributed by atoms with E-state index < -0.39 is 0 Å². The number of carbonyl (C=O) groups is 2. The molecule has 6 fully saturated rings. The molecular formula is C26H38O4. The Labute approximate surface area is 180 Å². The van der Waals surface area contributed by atoms with Gasteiger partial charge < -0.3 is 9.47 Å². The highest BCUT2D eigenvalue weighted by Crippen LogP contribution is 2.74. The number of cyclic esters (lactones) is 1. The molecule has 0 radical (unpaired) electrons. The maximum atomic E-state index is 13.5. The Bertz CT molecular complexity index is 808. The predicted molar refractivity (Wildman–Crippen MR) is 112 cm³/mol. The molecule has 0 aromatic heterocycles. The lowest BCUT2D eigenvalue weighted by atomic mass is 9.60. The number of fused-ring (bicyclic) bond motifs is 10. The molecule has 6 aliphatic rings. The molecule has 0 aromatic carbocycles. The third-order valence-electron chi connectivity index (χ3n) is 10.6. The lowest BCUT2D eigenvalue weighted by Crippen LogP contribution is -2.46. The predicted octanol–water partition coefficient (Wildman–Crippen LogP) is 5.00. The van der Waals surface area contributed by atoms with E-state index in [2.05, 4.69) is 34.6 Å². The first-order valence-electron chi connectivity index (χ1n) is 12.4. The first-order chi connectivity index (χ1) is 14.0. The number of esters is 2. The van der Waals surface area contributed by atoms with Crippen LogP contribution in [0.15, 0.2) is 0 Å². The number of carbonyl (C=O) groups excluding carboxylic acids is 2. The van der Waals surface area contributed by atoms with Crippen molar-refractivity contribution in [2.24, 2.45) is 57.2 Å². The van der Waals surface area contributed by atoms with Crippen molar-refractivity contribution in [1.29, 1.82) is 0 Å². The van der Waals surface area contributed by atoms with Gasteiger partial charge in [0.25, 0.3) is 0 Å². The van der Waals surface area contributed by atoms with Gasteiger partial charge in [-0.2, -0.15) is 0 Å². The quantitative estimate of drug-likeness (QED) is 0.482. The van der Waals surface area contributed by atoms with E-state index in [0.717, 1.165) is 38.0 Å². The summed E-state index contributed by atoms with van der Waals surface area (Å²) in [5.74, 6) is 3.84. The first-order valence-corrected chi connectivity index (χ1v) is 12.4. The molecule has 5 aliphatic carbocycles. The van der Waals surface area contributed by atoms with Crippen molar-refractivity contribution in [3.8, 4) is 0 Å². The van der Waals surface area contributed by atoms with Gasteiger partial charge in [0.15, 0.2) is 0 Å². The van der Waals surface area contributed by atoms with Gasteiger partial charge >= 0.3 is 11.9 Å². The molecule has 5 saturated carbocycles. The Morgan fingerprint density at radius 1 is 1.13 bits per heavy atom. The zero-order valence-corrected chi connectivity index (χ0v) is 19.3. The Morgan fingerprint density at radius 3 is 2.47 bits per heavy atom. The van der Waals surface area contributed by atoms with Crippen molar-refractivity contribution < 1.29 is 19.1 Å². The molecule has 30 heavy (non-hydrogen) atoms. The Balaban J connectivity index is 1.22. The topological polar surface area (TPSA) is 52.6 Å². The lowest BCUT2D eigenvalue weighted by molar-refractivity contribution is -0.166. The molecule has 0 N–H and O–H groups in total. The maximum Gasteiger partial charge on any atom is 0.312 e. The van der Waals surface area contributed by atoms with E-state index >= 15 is 0 Å². The van der Waals surface area contributed by atoms with E-state index in [1.807, 2.05) is 0 Å². The highest BCUT2D eigenvalue weighted by atomic mass is 16.5. The lowest BCUT2D eigenvalue weighted by Gasteiger charge is -2.44. The van der Waals surface area contributed by atoms with Crippen molar-refractivity contribution in [3.63, 3.8) is 0 Å². The van der Waals surface area contributed by atoms with Crippen LogP contribution in [0.25, 0.3) is 0 Å². The number of rotatable bonds is 3. The zero-order valence-electron chi connectivity index (χ0n) is 19.3. The maximum absolute atomic E-state index is 13.5. The van der Waals surface area contributed by atoms with E-state index in [1.54, 1.807) is 0 Å². The fraction of sp³-hybridized carbons (Fsp3) is 0.923. The summed E-state index contributed by atoms with van der Waals surface area (Å²) in [5.41, 5.74) is -0.345. The fourth-order valence-electron chi connectivity index (χ4n) is 9.55. The van der Waals surface area contributed by atoms with Crippen molar-refractivity contribution in [2.75, 3.05) is 6.61 Å². The van der Waals surface area contributed by atoms with Crippen LogP contribution >= 0.6 is 0 Å². The normalized spacial score (nSPS) is 52.0. The Kier molecular flexibility index (Phi) is 3.69. The molecule has 1 aliphatic heterocycles. The third kappa shape index (κ3) is 2.34. The highest BCUT2D eigenvalue weighted by molar-refractivity contribution is 5.82. The average Bonchev–Trinajstić information content (AvgIpc) is 3.24. The van der Waals surface area contributed by atoms with Crippen molar-refractivity contribution in [2.45, 2.75) is 85.7 Å². The van der Waals surface area contributed by atoms with Gasteiger partial charge in [-0.3, -0.25) is 9.59 Å². The van der Waals surface area contributed by atoms with Crippen LogP contribution in [-0.4, -0.2) is 24.6 Å². The molecule has 6 rings (SSSR count). The number of hydrogen-bond acceptors (Lipinski definition) is 4. The molecule has 0 aromatic rings. The van der Waals surface area contributed by atoms with Crippen molar-refractivity contribution >= 4 is 11.9 Å². The summed E-state index contributed by atoms with van der Waals surface area (Å²) in [4.78, 5) is 26.2. The second-order valence-corrected chi connectivity index (χ2v) is 13.7. The minimum atomic E-state index is -0.308. The van der Waals surface area contributed by atoms with E-state index in [0.29, 0.717) is 36.2 Å². The first kappa shape index (κ1) is 19.6. The summed E-state index contributed by atoms with van der Waals surface area (Å²) >= 11 is 0. The summed E-state index contributed by atoms with van der Waals surface area (Å²) < 4.78 is 11.9. The van der Waals surface area contributed by atoms with Gasteiger partial charge in [0.05, 0.1) is 17.4 Å². The monoisotopic (exact) mass is 414 g/mol.